The normalized spacial score (nSPS) is 14.0. The Labute approximate surface area is 150 Å². The standard InChI is InChI=1S/C16H13ClN4O3S/c17-12-4-3-10(25-12)7-19-14(22)8-5-11-13(18-6-8)21(9-1-2-9)16(24)20-15(11)23/h3-6,9H,1-2,7H2,(H,19,22)(H,20,23,24). The third-order valence-corrected chi connectivity index (χ3v) is 5.24. The van der Waals surface area contributed by atoms with Gasteiger partial charge in [-0.25, -0.2) is 9.78 Å². The average Bonchev–Trinajstić information content (AvgIpc) is 3.33. The van der Waals surface area contributed by atoms with Crippen LogP contribution in [0.5, 0.6) is 0 Å². The summed E-state index contributed by atoms with van der Waals surface area (Å²) in [6.07, 6.45) is 3.15. The van der Waals surface area contributed by atoms with Crippen LogP contribution in [-0.2, 0) is 6.54 Å². The van der Waals surface area contributed by atoms with Crippen LogP contribution in [0.25, 0.3) is 11.0 Å². The van der Waals surface area contributed by atoms with Crippen molar-refractivity contribution in [1.29, 1.82) is 0 Å². The molecule has 25 heavy (non-hydrogen) atoms. The number of fused-ring (bicyclic) bond motifs is 1. The fourth-order valence-electron chi connectivity index (χ4n) is 2.65. The number of thiophene rings is 1. The Kier molecular flexibility index (Phi) is 3.93. The molecule has 0 atom stereocenters. The molecule has 3 aromatic heterocycles. The quantitative estimate of drug-likeness (QED) is 0.728. The molecular weight excluding hydrogens is 364 g/mol. The van der Waals surface area contributed by atoms with E-state index >= 15 is 0 Å². The van der Waals surface area contributed by atoms with Crippen LogP contribution < -0.4 is 16.6 Å². The Morgan fingerprint density at radius 3 is 2.88 bits per heavy atom. The maximum absolute atomic E-state index is 12.3. The van der Waals surface area contributed by atoms with Crippen LogP contribution in [-0.4, -0.2) is 20.4 Å². The summed E-state index contributed by atoms with van der Waals surface area (Å²) < 4.78 is 2.15. The summed E-state index contributed by atoms with van der Waals surface area (Å²) in [5.41, 5.74) is -0.414. The molecule has 0 saturated heterocycles. The number of nitrogens with one attached hydrogen (secondary N) is 2. The number of hydrogen-bond acceptors (Lipinski definition) is 5. The second-order valence-electron chi connectivity index (χ2n) is 5.84. The van der Waals surface area contributed by atoms with Crippen molar-refractivity contribution in [3.05, 3.63) is 60.0 Å². The van der Waals surface area contributed by atoms with E-state index in [-0.39, 0.29) is 22.9 Å². The summed E-state index contributed by atoms with van der Waals surface area (Å²) in [4.78, 5) is 43.8. The number of aromatic amines is 1. The molecule has 3 aromatic rings. The molecule has 9 heteroatoms. The zero-order valence-corrected chi connectivity index (χ0v) is 14.5. The monoisotopic (exact) mass is 376 g/mol. The predicted molar refractivity (Wildman–Crippen MR) is 95.4 cm³/mol. The van der Waals surface area contributed by atoms with Gasteiger partial charge in [-0.3, -0.25) is 19.1 Å². The molecule has 1 saturated carbocycles. The minimum atomic E-state index is -0.538. The van der Waals surface area contributed by atoms with Crippen LogP contribution in [0.15, 0.2) is 34.0 Å². The van der Waals surface area contributed by atoms with E-state index in [0.29, 0.717) is 16.5 Å². The zero-order valence-electron chi connectivity index (χ0n) is 12.9. The van der Waals surface area contributed by atoms with E-state index in [1.165, 1.54) is 28.2 Å². The Bertz CT molecular complexity index is 1100. The van der Waals surface area contributed by atoms with Crippen molar-refractivity contribution in [3.63, 3.8) is 0 Å². The molecular formula is C16H13ClN4O3S. The van der Waals surface area contributed by atoms with E-state index in [0.717, 1.165) is 17.7 Å². The molecule has 7 nitrogen and oxygen atoms in total. The first kappa shape index (κ1) is 16.0. The summed E-state index contributed by atoms with van der Waals surface area (Å²) >= 11 is 7.25. The molecule has 1 amide bonds. The molecule has 1 aliphatic carbocycles. The lowest BCUT2D eigenvalue weighted by molar-refractivity contribution is 0.0951. The minimum Gasteiger partial charge on any atom is -0.347 e. The second kappa shape index (κ2) is 6.12. The van der Waals surface area contributed by atoms with Crippen LogP contribution in [0.1, 0.15) is 34.1 Å². The summed E-state index contributed by atoms with van der Waals surface area (Å²) in [5, 5.41) is 3.00. The van der Waals surface area contributed by atoms with E-state index in [1.54, 1.807) is 6.07 Å². The minimum absolute atomic E-state index is 0.0719. The van der Waals surface area contributed by atoms with Gasteiger partial charge in [0.05, 0.1) is 21.8 Å². The van der Waals surface area contributed by atoms with Crippen molar-refractivity contribution in [2.45, 2.75) is 25.4 Å². The van der Waals surface area contributed by atoms with Gasteiger partial charge in [-0.05, 0) is 31.0 Å². The van der Waals surface area contributed by atoms with E-state index in [9.17, 15) is 14.4 Å². The van der Waals surface area contributed by atoms with Crippen molar-refractivity contribution in [2.75, 3.05) is 0 Å². The predicted octanol–water partition coefficient (Wildman–Crippen LogP) is 2.06. The number of H-pyrrole nitrogens is 1. The number of hydrogen-bond donors (Lipinski definition) is 2. The Morgan fingerprint density at radius 2 is 2.20 bits per heavy atom. The molecule has 0 bridgehead atoms. The van der Waals surface area contributed by atoms with Crippen molar-refractivity contribution in [2.24, 2.45) is 0 Å². The number of carbonyl (C=O) groups is 1. The lowest BCUT2D eigenvalue weighted by Gasteiger charge is -2.08. The fraction of sp³-hybridized carbons (Fsp3) is 0.250. The number of nitrogens with zero attached hydrogens (tertiary/aromatic N) is 2. The number of rotatable bonds is 4. The first-order valence-corrected chi connectivity index (χ1v) is 8.89. The molecule has 2 N–H and O–H groups in total. The Hall–Kier alpha value is -2.45. The highest BCUT2D eigenvalue weighted by Crippen LogP contribution is 2.34. The van der Waals surface area contributed by atoms with E-state index in [1.807, 2.05) is 6.07 Å². The Balaban J connectivity index is 1.65. The first-order valence-electron chi connectivity index (χ1n) is 7.70. The molecule has 4 rings (SSSR count). The van der Waals surface area contributed by atoms with Gasteiger partial charge >= 0.3 is 5.69 Å². The molecule has 0 radical (unpaired) electrons. The number of amides is 1. The average molecular weight is 377 g/mol. The second-order valence-corrected chi connectivity index (χ2v) is 7.64. The van der Waals surface area contributed by atoms with Crippen molar-refractivity contribution >= 4 is 39.9 Å². The van der Waals surface area contributed by atoms with Gasteiger partial charge in [0.1, 0.15) is 5.65 Å². The molecule has 0 aromatic carbocycles. The lowest BCUT2D eigenvalue weighted by Crippen LogP contribution is -2.31. The molecule has 3 heterocycles. The Morgan fingerprint density at radius 1 is 1.40 bits per heavy atom. The highest BCUT2D eigenvalue weighted by molar-refractivity contribution is 7.16. The van der Waals surface area contributed by atoms with Crippen molar-refractivity contribution in [3.8, 4) is 0 Å². The highest BCUT2D eigenvalue weighted by atomic mass is 35.5. The van der Waals surface area contributed by atoms with Crippen LogP contribution in [0.3, 0.4) is 0 Å². The van der Waals surface area contributed by atoms with Crippen LogP contribution >= 0.6 is 22.9 Å². The van der Waals surface area contributed by atoms with Gasteiger partial charge in [0.2, 0.25) is 0 Å². The smallest absolute Gasteiger partial charge is 0.330 e. The van der Waals surface area contributed by atoms with Crippen LogP contribution in [0.2, 0.25) is 4.34 Å². The van der Waals surface area contributed by atoms with Gasteiger partial charge in [-0.2, -0.15) is 0 Å². The molecule has 0 unspecified atom stereocenters. The first-order chi connectivity index (χ1) is 12.0. The number of aromatic nitrogens is 3. The van der Waals surface area contributed by atoms with Gasteiger partial charge in [0.15, 0.2) is 0 Å². The van der Waals surface area contributed by atoms with Gasteiger partial charge in [0.25, 0.3) is 11.5 Å². The summed E-state index contributed by atoms with van der Waals surface area (Å²) in [7, 11) is 0. The summed E-state index contributed by atoms with van der Waals surface area (Å²) in [6, 6.07) is 5.14. The number of halogens is 1. The fourth-order valence-corrected chi connectivity index (χ4v) is 3.68. The topological polar surface area (TPSA) is 96.8 Å². The maximum Gasteiger partial charge on any atom is 0.330 e. The molecule has 1 fully saturated rings. The van der Waals surface area contributed by atoms with Crippen molar-refractivity contribution in [1.82, 2.24) is 19.9 Å². The van der Waals surface area contributed by atoms with Crippen LogP contribution in [0.4, 0.5) is 0 Å². The van der Waals surface area contributed by atoms with E-state index < -0.39 is 11.2 Å². The SMILES string of the molecule is O=C(NCc1ccc(Cl)s1)c1cnc2c(c1)c(=O)[nH]c(=O)n2C1CC1. The largest absolute Gasteiger partial charge is 0.347 e. The molecule has 128 valence electrons. The molecule has 0 spiro atoms. The van der Waals surface area contributed by atoms with Gasteiger partial charge in [0, 0.05) is 17.1 Å². The van der Waals surface area contributed by atoms with Gasteiger partial charge in [-0.1, -0.05) is 11.6 Å². The molecule has 1 aliphatic rings. The summed E-state index contributed by atoms with van der Waals surface area (Å²) in [6.45, 7) is 0.339. The van der Waals surface area contributed by atoms with Crippen LogP contribution in [0, 0.1) is 0 Å². The lowest BCUT2D eigenvalue weighted by atomic mass is 10.2. The molecule has 0 aliphatic heterocycles. The number of pyridine rings is 1. The third-order valence-electron chi connectivity index (χ3n) is 4.00. The highest BCUT2D eigenvalue weighted by Gasteiger charge is 2.27. The van der Waals surface area contributed by atoms with E-state index in [2.05, 4.69) is 15.3 Å². The maximum atomic E-state index is 12.3. The zero-order chi connectivity index (χ0) is 17.6. The number of carbonyl (C=O) groups excluding carboxylic acids is 1. The van der Waals surface area contributed by atoms with E-state index in [4.69, 9.17) is 11.6 Å². The van der Waals surface area contributed by atoms with Crippen molar-refractivity contribution < 1.29 is 4.79 Å². The summed E-state index contributed by atoms with van der Waals surface area (Å²) in [5.74, 6) is -0.345. The third kappa shape index (κ3) is 3.10. The van der Waals surface area contributed by atoms with Gasteiger partial charge < -0.3 is 5.32 Å². The van der Waals surface area contributed by atoms with Gasteiger partial charge in [-0.15, -0.1) is 11.3 Å².